The zero-order valence-corrected chi connectivity index (χ0v) is 27.9. The van der Waals surface area contributed by atoms with E-state index in [4.69, 9.17) is 4.74 Å². The van der Waals surface area contributed by atoms with Crippen LogP contribution in [0, 0.1) is 11.8 Å². The molecule has 0 bridgehead atoms. The summed E-state index contributed by atoms with van der Waals surface area (Å²) < 4.78 is 7.01. The van der Waals surface area contributed by atoms with Gasteiger partial charge in [0.25, 0.3) is 5.91 Å². The van der Waals surface area contributed by atoms with Crippen molar-refractivity contribution >= 4 is 29.1 Å². The molecule has 2 fully saturated rings. The Morgan fingerprint density at radius 3 is 2.23 bits per heavy atom. The van der Waals surface area contributed by atoms with E-state index in [0.717, 1.165) is 42.9 Å². The minimum absolute atomic E-state index is 0.130. The van der Waals surface area contributed by atoms with E-state index in [-0.39, 0.29) is 24.3 Å². The molecule has 9 heteroatoms. The predicted octanol–water partition coefficient (Wildman–Crippen LogP) is 4.56. The van der Waals surface area contributed by atoms with Gasteiger partial charge in [-0.1, -0.05) is 67.5 Å². The minimum Gasteiger partial charge on any atom is -0.396 e. The van der Waals surface area contributed by atoms with Gasteiger partial charge in [0.1, 0.15) is 11.6 Å². The number of likely N-dealkylation sites (tertiary alicyclic amines) is 1. The smallest absolute Gasteiger partial charge is 0.253 e. The molecule has 0 aromatic heterocycles. The Labute approximate surface area is 278 Å². The van der Waals surface area contributed by atoms with E-state index < -0.39 is 29.1 Å². The van der Waals surface area contributed by atoms with E-state index in [0.29, 0.717) is 39.0 Å². The van der Waals surface area contributed by atoms with Gasteiger partial charge in [0.15, 0.2) is 0 Å². The summed E-state index contributed by atoms with van der Waals surface area (Å²) in [5.74, 6) is -2.15. The van der Waals surface area contributed by atoms with Crippen molar-refractivity contribution in [1.29, 1.82) is 0 Å². The monoisotopic (exact) mass is 640 g/mol. The molecule has 0 radical (unpaired) electrons. The van der Waals surface area contributed by atoms with Gasteiger partial charge in [-0.25, -0.2) is 0 Å². The first-order valence-electron chi connectivity index (χ1n) is 17.2. The summed E-state index contributed by atoms with van der Waals surface area (Å²) >= 11 is 0. The lowest BCUT2D eigenvalue weighted by Crippen LogP contribution is -2.56. The van der Waals surface area contributed by atoms with Crippen LogP contribution >= 0.6 is 0 Å². The molecule has 47 heavy (non-hydrogen) atoms. The molecule has 250 valence electrons. The van der Waals surface area contributed by atoms with Crippen LogP contribution in [0.5, 0.6) is 0 Å². The standard InChI is InChI=1S/C38H48N4O5/c1-4-39(5-2)29-17-19-30(20-18-29)41-25-14-22-38-32(35(45)42(33(38)36(41)46)24-11-6-7-12-26-43)31-34(44)40(23-13-21-37(31,3)47-38)27-28-15-9-8-10-16-28/h8-10,13-22,31-33,43H,4-7,11-12,23-27H2,1-3H3/t31-,32+,33?,37+,38+/m1/s1. The third-order valence-corrected chi connectivity index (χ3v) is 10.5. The summed E-state index contributed by atoms with van der Waals surface area (Å²) in [4.78, 5) is 51.5. The molecule has 1 N–H and O–H groups in total. The van der Waals surface area contributed by atoms with E-state index >= 15 is 0 Å². The molecule has 4 aliphatic heterocycles. The summed E-state index contributed by atoms with van der Waals surface area (Å²) in [7, 11) is 0. The maximum absolute atomic E-state index is 14.8. The van der Waals surface area contributed by atoms with Gasteiger partial charge in [0.2, 0.25) is 11.8 Å². The molecule has 2 aromatic carbocycles. The third kappa shape index (κ3) is 5.89. The fourth-order valence-corrected chi connectivity index (χ4v) is 8.17. The number of ether oxygens (including phenoxy) is 1. The second-order valence-corrected chi connectivity index (χ2v) is 13.3. The molecule has 1 unspecified atom stereocenters. The van der Waals surface area contributed by atoms with Gasteiger partial charge in [-0.3, -0.25) is 14.4 Å². The van der Waals surface area contributed by atoms with Crippen molar-refractivity contribution in [3.05, 3.63) is 84.5 Å². The lowest BCUT2D eigenvalue weighted by atomic mass is 9.74. The quantitative estimate of drug-likeness (QED) is 0.270. The lowest BCUT2D eigenvalue weighted by molar-refractivity contribution is -0.148. The number of benzene rings is 2. The Balaban J connectivity index is 1.36. The van der Waals surface area contributed by atoms with Crippen LogP contribution in [0.4, 0.5) is 11.4 Å². The molecular formula is C38H48N4O5. The van der Waals surface area contributed by atoms with Crippen LogP contribution in [-0.4, -0.2) is 89.2 Å². The normalized spacial score (nSPS) is 28.3. The number of fused-ring (bicyclic) bond motifs is 2. The molecule has 6 rings (SSSR count). The van der Waals surface area contributed by atoms with Crippen molar-refractivity contribution in [2.75, 3.05) is 49.1 Å². The SMILES string of the molecule is CCN(CC)c1ccc(N2CC=C[C@]34O[C@@]5(C)C=CCN(Cc6ccccc6)C(=O)[C@H]5[C@H]3C(=O)N(CCCCCCO)C4C2=O)cc1. The Morgan fingerprint density at radius 1 is 0.830 bits per heavy atom. The van der Waals surface area contributed by atoms with Crippen molar-refractivity contribution in [3.8, 4) is 0 Å². The molecule has 2 saturated heterocycles. The molecule has 0 aliphatic carbocycles. The summed E-state index contributed by atoms with van der Waals surface area (Å²) in [5, 5.41) is 9.27. The first kappa shape index (κ1) is 33.0. The van der Waals surface area contributed by atoms with Crippen LogP contribution < -0.4 is 9.80 Å². The van der Waals surface area contributed by atoms with Crippen LogP contribution in [0.2, 0.25) is 0 Å². The topological polar surface area (TPSA) is 93.6 Å². The fraction of sp³-hybridized carbons (Fsp3) is 0.500. The number of hydrogen-bond donors (Lipinski definition) is 1. The molecule has 3 amide bonds. The van der Waals surface area contributed by atoms with Gasteiger partial charge in [0, 0.05) is 57.3 Å². The largest absolute Gasteiger partial charge is 0.396 e. The molecule has 1 spiro atoms. The van der Waals surface area contributed by atoms with E-state index in [1.165, 1.54) is 0 Å². The number of carbonyl (C=O) groups is 3. The van der Waals surface area contributed by atoms with Gasteiger partial charge in [-0.15, -0.1) is 0 Å². The number of anilines is 2. The number of aliphatic hydroxyl groups excluding tert-OH is 1. The van der Waals surface area contributed by atoms with Gasteiger partial charge < -0.3 is 29.4 Å². The Bertz CT molecular complexity index is 1510. The zero-order valence-electron chi connectivity index (χ0n) is 27.9. The van der Waals surface area contributed by atoms with E-state index in [1.54, 1.807) is 14.7 Å². The number of amides is 3. The van der Waals surface area contributed by atoms with Crippen LogP contribution in [0.25, 0.3) is 0 Å². The van der Waals surface area contributed by atoms with Crippen LogP contribution in [0.3, 0.4) is 0 Å². The predicted molar refractivity (Wildman–Crippen MR) is 183 cm³/mol. The molecule has 2 aromatic rings. The average molecular weight is 641 g/mol. The van der Waals surface area contributed by atoms with Gasteiger partial charge >= 0.3 is 0 Å². The molecule has 9 nitrogen and oxygen atoms in total. The highest BCUT2D eigenvalue weighted by molar-refractivity contribution is 6.06. The summed E-state index contributed by atoms with van der Waals surface area (Å²) in [5.41, 5.74) is 0.518. The Kier molecular flexibility index (Phi) is 9.58. The number of nitrogens with zero attached hydrogens (tertiary/aromatic N) is 4. The van der Waals surface area contributed by atoms with Crippen molar-refractivity contribution in [3.63, 3.8) is 0 Å². The number of aliphatic hydroxyl groups is 1. The Hall–Kier alpha value is -3.95. The summed E-state index contributed by atoms with van der Waals surface area (Å²) in [6, 6.07) is 17.0. The van der Waals surface area contributed by atoms with Crippen LogP contribution in [-0.2, 0) is 25.7 Å². The highest BCUT2D eigenvalue weighted by atomic mass is 16.5. The van der Waals surface area contributed by atoms with Crippen LogP contribution in [0.1, 0.15) is 52.0 Å². The van der Waals surface area contributed by atoms with Crippen molar-refractivity contribution < 1.29 is 24.2 Å². The summed E-state index contributed by atoms with van der Waals surface area (Å²) in [6.45, 7) is 9.59. The number of hydrogen-bond acceptors (Lipinski definition) is 6. The first-order valence-corrected chi connectivity index (χ1v) is 17.2. The van der Waals surface area contributed by atoms with Crippen LogP contribution in [0.15, 0.2) is 78.9 Å². The van der Waals surface area contributed by atoms with Crippen molar-refractivity contribution in [2.24, 2.45) is 11.8 Å². The number of carbonyl (C=O) groups excluding carboxylic acids is 3. The molecule has 5 atom stereocenters. The van der Waals surface area contributed by atoms with E-state index in [1.807, 2.05) is 85.8 Å². The second-order valence-electron chi connectivity index (χ2n) is 13.3. The highest BCUT2D eigenvalue weighted by Gasteiger charge is 2.74. The lowest BCUT2D eigenvalue weighted by Gasteiger charge is -2.37. The number of rotatable bonds is 12. The average Bonchev–Trinajstić information content (AvgIpc) is 3.34. The van der Waals surface area contributed by atoms with E-state index in [9.17, 15) is 19.5 Å². The molecule has 0 saturated carbocycles. The maximum atomic E-state index is 14.8. The van der Waals surface area contributed by atoms with Gasteiger partial charge in [-0.05, 0) is 63.4 Å². The van der Waals surface area contributed by atoms with Gasteiger partial charge in [0.05, 0.1) is 17.4 Å². The van der Waals surface area contributed by atoms with Gasteiger partial charge in [-0.2, -0.15) is 0 Å². The summed E-state index contributed by atoms with van der Waals surface area (Å²) in [6.07, 6.45) is 10.8. The minimum atomic E-state index is -1.29. The number of unbranched alkanes of at least 4 members (excludes halogenated alkanes) is 3. The van der Waals surface area contributed by atoms with Crippen molar-refractivity contribution in [2.45, 2.75) is 70.2 Å². The third-order valence-electron chi connectivity index (χ3n) is 10.5. The molecule has 4 aliphatic rings. The second kappa shape index (κ2) is 13.6. The first-order chi connectivity index (χ1) is 22.8. The Morgan fingerprint density at radius 2 is 1.53 bits per heavy atom. The molecular weight excluding hydrogens is 592 g/mol. The van der Waals surface area contributed by atoms with E-state index in [2.05, 4.69) is 18.7 Å². The fourth-order valence-electron chi connectivity index (χ4n) is 8.17. The zero-order chi connectivity index (χ0) is 33.2. The van der Waals surface area contributed by atoms with Crippen molar-refractivity contribution in [1.82, 2.24) is 9.80 Å². The highest BCUT2D eigenvalue weighted by Crippen LogP contribution is 2.57. The maximum Gasteiger partial charge on any atom is 0.253 e. The molecule has 4 heterocycles.